The molecule has 0 bridgehead atoms. The van der Waals surface area contributed by atoms with Crippen LogP contribution in [0, 0.1) is 0 Å². The van der Waals surface area contributed by atoms with E-state index >= 15 is 0 Å². The van der Waals surface area contributed by atoms with Crippen LogP contribution in [0.3, 0.4) is 0 Å². The fraction of sp³-hybridized carbons (Fsp3) is 0. The summed E-state index contributed by atoms with van der Waals surface area (Å²) in [5.74, 6) is -0.607. The molecule has 3 N–H and O–H groups in total. The molecule has 0 amide bonds. The highest BCUT2D eigenvalue weighted by Gasteiger charge is 2.28. The normalized spacial score (nSPS) is 11.6. The highest BCUT2D eigenvalue weighted by atomic mass is 16.3. The van der Waals surface area contributed by atoms with Crippen LogP contribution in [0.4, 0.5) is 0 Å². The fourth-order valence-electron chi connectivity index (χ4n) is 8.07. The summed E-state index contributed by atoms with van der Waals surface area (Å²) in [4.78, 5) is 0. The first-order chi connectivity index (χ1) is 26.1. The molecule has 0 radical (unpaired) electrons. The maximum absolute atomic E-state index is 12.1. The van der Waals surface area contributed by atoms with Crippen molar-refractivity contribution in [2.24, 2.45) is 0 Å². The summed E-state index contributed by atoms with van der Waals surface area (Å²) in [6, 6.07) is 58.6. The van der Waals surface area contributed by atoms with E-state index in [0.29, 0.717) is 11.1 Å². The van der Waals surface area contributed by atoms with Gasteiger partial charge in [0.25, 0.3) is 0 Å². The number of phenolic OH excluding ortho intramolecular Hbond substituents is 3. The molecule has 0 fully saturated rings. The summed E-state index contributed by atoms with van der Waals surface area (Å²) in [5, 5.41) is 40.3. The van der Waals surface area contributed by atoms with Crippen molar-refractivity contribution in [3.05, 3.63) is 176 Å². The molecule has 0 unspecified atom stereocenters. The Morgan fingerprint density at radius 3 is 1.21 bits per heavy atom. The smallest absolute Gasteiger partial charge is 0.155 e. The predicted molar refractivity (Wildman–Crippen MR) is 216 cm³/mol. The van der Waals surface area contributed by atoms with Crippen LogP contribution in [0.2, 0.25) is 0 Å². The molecule has 0 saturated carbocycles. The lowest BCUT2D eigenvalue weighted by Crippen LogP contribution is -1.99. The highest BCUT2D eigenvalue weighted by Crippen LogP contribution is 2.54. The number of benzene rings is 8. The predicted octanol–water partition coefficient (Wildman–Crippen LogP) is 12.0. The Morgan fingerprint density at radius 2 is 0.698 bits per heavy atom. The zero-order valence-corrected chi connectivity index (χ0v) is 28.5. The Morgan fingerprint density at radius 1 is 0.302 bits per heavy atom. The molecule has 0 aliphatic rings. The maximum atomic E-state index is 12.1. The van der Waals surface area contributed by atoms with Crippen molar-refractivity contribution in [1.82, 2.24) is 9.13 Å². The first-order valence-electron chi connectivity index (χ1n) is 17.6. The van der Waals surface area contributed by atoms with Crippen LogP contribution in [0.25, 0.3) is 88.4 Å². The summed E-state index contributed by atoms with van der Waals surface area (Å²) in [6.07, 6.45) is 0. The molecule has 2 heterocycles. The average molecular weight is 685 g/mol. The average Bonchev–Trinajstić information content (AvgIpc) is 3.71. The molecule has 0 atom stereocenters. The number of fused-ring (bicyclic) bond motifs is 6. The molecular weight excluding hydrogens is 653 g/mol. The van der Waals surface area contributed by atoms with Gasteiger partial charge in [-0.3, -0.25) is 0 Å². The van der Waals surface area contributed by atoms with Crippen LogP contribution < -0.4 is 0 Å². The maximum Gasteiger partial charge on any atom is 0.155 e. The minimum atomic E-state index is -0.210. The number of hydrogen-bond acceptors (Lipinski definition) is 3. The molecule has 53 heavy (non-hydrogen) atoms. The Labute approximate surface area is 305 Å². The zero-order chi connectivity index (χ0) is 35.6. The van der Waals surface area contributed by atoms with Crippen LogP contribution in [0.15, 0.2) is 176 Å². The summed E-state index contributed by atoms with van der Waals surface area (Å²) in [6.45, 7) is 0. The summed E-state index contributed by atoms with van der Waals surface area (Å²) in [7, 11) is 0. The first-order valence-corrected chi connectivity index (χ1v) is 17.6. The van der Waals surface area contributed by atoms with Crippen molar-refractivity contribution >= 4 is 43.6 Å². The number of nitrogens with zero attached hydrogens (tertiary/aromatic N) is 2. The van der Waals surface area contributed by atoms with Gasteiger partial charge < -0.3 is 24.5 Å². The molecule has 0 spiro atoms. The molecule has 10 aromatic rings. The van der Waals surface area contributed by atoms with Gasteiger partial charge in [-0.25, -0.2) is 0 Å². The van der Waals surface area contributed by atoms with Gasteiger partial charge in [0.05, 0.1) is 33.2 Å². The van der Waals surface area contributed by atoms with Crippen LogP contribution in [0.1, 0.15) is 0 Å². The van der Waals surface area contributed by atoms with Crippen molar-refractivity contribution in [3.63, 3.8) is 0 Å². The van der Waals surface area contributed by atoms with Gasteiger partial charge in [0, 0.05) is 27.2 Å². The first kappa shape index (κ1) is 30.6. The van der Waals surface area contributed by atoms with Gasteiger partial charge in [-0.15, -0.1) is 0 Å². The second kappa shape index (κ2) is 11.9. The highest BCUT2D eigenvalue weighted by molar-refractivity contribution is 6.13. The number of rotatable bonds is 5. The Balaban J connectivity index is 1.22. The number of para-hydroxylation sites is 3. The van der Waals surface area contributed by atoms with Crippen molar-refractivity contribution in [1.29, 1.82) is 0 Å². The van der Waals surface area contributed by atoms with Gasteiger partial charge in [0.1, 0.15) is 11.4 Å². The van der Waals surface area contributed by atoms with Crippen LogP contribution in [0.5, 0.6) is 17.2 Å². The van der Waals surface area contributed by atoms with Gasteiger partial charge in [-0.1, -0.05) is 127 Å². The third-order valence-corrected chi connectivity index (χ3v) is 10.4. The molecular formula is C48H32N2O3. The molecule has 252 valence electrons. The SMILES string of the molecule is Oc1c(-c2ccccc2)c(O)c(-n2c3ccccc3c3cc(-c4ccc5c(c4)c4ccccc4n5-c4ccccc4)ccc32)c(O)c1-c1ccccc1. The summed E-state index contributed by atoms with van der Waals surface area (Å²) >= 11 is 0. The molecule has 8 aromatic carbocycles. The monoisotopic (exact) mass is 684 g/mol. The summed E-state index contributed by atoms with van der Waals surface area (Å²) in [5.41, 5.74) is 9.14. The number of phenols is 3. The van der Waals surface area contributed by atoms with E-state index in [1.165, 1.54) is 10.8 Å². The van der Waals surface area contributed by atoms with E-state index in [9.17, 15) is 15.3 Å². The van der Waals surface area contributed by atoms with Crippen LogP contribution >= 0.6 is 0 Å². The summed E-state index contributed by atoms with van der Waals surface area (Å²) < 4.78 is 4.23. The van der Waals surface area contributed by atoms with Gasteiger partial charge >= 0.3 is 0 Å². The standard InChI is InChI=1S/C48H32N2O3/c51-46-43(30-14-4-1-5-15-30)47(52)45(48(53)44(46)31-16-6-2-7-17-31)50-40-23-13-11-21-36(40)38-29-33(25-27-42(38)50)32-24-26-41-37(28-32)35-20-10-12-22-39(35)49(41)34-18-8-3-9-19-34/h1-29,51-53H. The Kier molecular flexibility index (Phi) is 6.88. The molecule has 10 rings (SSSR count). The van der Waals surface area contributed by atoms with Crippen LogP contribution in [-0.4, -0.2) is 24.5 Å². The van der Waals surface area contributed by atoms with Gasteiger partial charge in [0.2, 0.25) is 0 Å². The second-order valence-electron chi connectivity index (χ2n) is 13.4. The number of aromatic nitrogens is 2. The van der Waals surface area contributed by atoms with Crippen LogP contribution in [-0.2, 0) is 0 Å². The van der Waals surface area contributed by atoms with Crippen molar-refractivity contribution < 1.29 is 15.3 Å². The minimum Gasteiger partial charge on any atom is -0.506 e. The lowest BCUT2D eigenvalue weighted by atomic mass is 9.94. The van der Waals surface area contributed by atoms with Gasteiger partial charge in [-0.2, -0.15) is 0 Å². The van der Waals surface area contributed by atoms with Crippen molar-refractivity contribution in [2.45, 2.75) is 0 Å². The fourth-order valence-corrected chi connectivity index (χ4v) is 8.07. The minimum absolute atomic E-state index is 0.187. The van der Waals surface area contributed by atoms with E-state index in [2.05, 4.69) is 95.6 Å². The van der Waals surface area contributed by atoms with Gasteiger partial charge in [0.15, 0.2) is 11.5 Å². The molecule has 5 heteroatoms. The Bertz CT molecular complexity index is 2950. The van der Waals surface area contributed by atoms with E-state index in [4.69, 9.17) is 0 Å². The molecule has 5 nitrogen and oxygen atoms in total. The van der Waals surface area contributed by atoms with Crippen molar-refractivity contribution in [2.75, 3.05) is 0 Å². The Hall–Kier alpha value is -7.24. The zero-order valence-electron chi connectivity index (χ0n) is 28.5. The van der Waals surface area contributed by atoms with Gasteiger partial charge in [-0.05, 0) is 70.8 Å². The van der Waals surface area contributed by atoms with E-state index < -0.39 is 0 Å². The molecule has 0 aliphatic heterocycles. The van der Waals surface area contributed by atoms with E-state index in [-0.39, 0.29) is 34.1 Å². The van der Waals surface area contributed by atoms with E-state index in [0.717, 1.165) is 49.7 Å². The third-order valence-electron chi connectivity index (χ3n) is 10.4. The molecule has 2 aromatic heterocycles. The van der Waals surface area contributed by atoms with E-state index in [1.54, 1.807) is 0 Å². The lowest BCUT2D eigenvalue weighted by Gasteiger charge is -2.20. The molecule has 0 aliphatic carbocycles. The second-order valence-corrected chi connectivity index (χ2v) is 13.4. The topological polar surface area (TPSA) is 70.5 Å². The number of hydrogen-bond donors (Lipinski definition) is 3. The number of aromatic hydroxyl groups is 3. The third kappa shape index (κ3) is 4.64. The van der Waals surface area contributed by atoms with E-state index in [1.807, 2.05) is 89.5 Å². The quantitative estimate of drug-likeness (QED) is 0.169. The largest absolute Gasteiger partial charge is 0.506 e. The molecule has 0 saturated heterocycles. The lowest BCUT2D eigenvalue weighted by molar-refractivity contribution is 0.431. The van der Waals surface area contributed by atoms with Crippen molar-refractivity contribution in [3.8, 4) is 62.0 Å².